The van der Waals surface area contributed by atoms with Crippen LogP contribution < -0.4 is 10.6 Å². The number of nitrogens with one attached hydrogen (secondary N) is 2. The summed E-state index contributed by atoms with van der Waals surface area (Å²) in [6.07, 6.45) is 2.03. The molecule has 0 spiro atoms. The van der Waals surface area contributed by atoms with Crippen LogP contribution >= 0.6 is 0 Å². The zero-order chi connectivity index (χ0) is 15.4. The van der Waals surface area contributed by atoms with E-state index in [1.54, 1.807) is 13.1 Å². The van der Waals surface area contributed by atoms with Gasteiger partial charge in [0, 0.05) is 43.7 Å². The van der Waals surface area contributed by atoms with Crippen LogP contribution in [0.2, 0.25) is 0 Å². The van der Waals surface area contributed by atoms with Crippen LogP contribution in [-0.2, 0) is 13.6 Å². The van der Waals surface area contributed by atoms with Crippen molar-refractivity contribution in [2.24, 2.45) is 7.05 Å². The SMILES string of the molecule is CNC(=O)c1cccc(NCc2cn(C)nc2C(C)C)c1. The standard InChI is InChI=1S/C16H22N4O/c1-11(2)15-13(10-20(4)19-15)9-18-14-7-5-6-12(8-14)16(21)17-3/h5-8,10-11,18H,9H2,1-4H3,(H,17,21). The van der Waals surface area contributed by atoms with Gasteiger partial charge in [0.15, 0.2) is 0 Å². The number of benzene rings is 1. The first kappa shape index (κ1) is 15.1. The number of nitrogens with zero attached hydrogens (tertiary/aromatic N) is 2. The first-order chi connectivity index (χ1) is 10.0. The van der Waals surface area contributed by atoms with Crippen LogP contribution in [0, 0.1) is 0 Å². The van der Waals surface area contributed by atoms with Crippen LogP contribution in [0.1, 0.15) is 41.4 Å². The van der Waals surface area contributed by atoms with E-state index in [-0.39, 0.29) is 5.91 Å². The lowest BCUT2D eigenvalue weighted by atomic mass is 10.1. The monoisotopic (exact) mass is 286 g/mol. The van der Waals surface area contributed by atoms with Crippen molar-refractivity contribution in [1.82, 2.24) is 15.1 Å². The Morgan fingerprint density at radius 1 is 1.38 bits per heavy atom. The van der Waals surface area contributed by atoms with Crippen molar-refractivity contribution in [3.8, 4) is 0 Å². The molecule has 1 heterocycles. The predicted molar refractivity (Wildman–Crippen MR) is 84.5 cm³/mol. The van der Waals surface area contributed by atoms with E-state index in [2.05, 4.69) is 29.6 Å². The topological polar surface area (TPSA) is 59.0 Å². The molecule has 1 amide bonds. The van der Waals surface area contributed by atoms with Gasteiger partial charge in [0.1, 0.15) is 0 Å². The number of rotatable bonds is 5. The molecule has 2 rings (SSSR count). The quantitative estimate of drug-likeness (QED) is 0.888. The summed E-state index contributed by atoms with van der Waals surface area (Å²) in [7, 11) is 3.56. The minimum atomic E-state index is -0.0807. The molecular formula is C16H22N4O. The molecule has 0 fully saturated rings. The molecule has 0 bridgehead atoms. The number of aromatic nitrogens is 2. The second-order valence-corrected chi connectivity index (χ2v) is 5.38. The van der Waals surface area contributed by atoms with Crippen LogP contribution in [0.3, 0.4) is 0 Å². The minimum Gasteiger partial charge on any atom is -0.381 e. The molecule has 0 saturated heterocycles. The molecule has 2 aromatic rings. The Morgan fingerprint density at radius 2 is 2.14 bits per heavy atom. The molecule has 0 saturated carbocycles. The van der Waals surface area contributed by atoms with Crippen LogP contribution in [-0.4, -0.2) is 22.7 Å². The molecule has 112 valence electrons. The van der Waals surface area contributed by atoms with Crippen molar-refractivity contribution in [2.45, 2.75) is 26.3 Å². The van der Waals surface area contributed by atoms with Crippen molar-refractivity contribution in [3.63, 3.8) is 0 Å². The highest BCUT2D eigenvalue weighted by molar-refractivity contribution is 5.94. The second-order valence-electron chi connectivity index (χ2n) is 5.38. The van der Waals surface area contributed by atoms with E-state index in [9.17, 15) is 4.79 Å². The van der Waals surface area contributed by atoms with E-state index in [0.717, 1.165) is 11.4 Å². The van der Waals surface area contributed by atoms with Crippen LogP contribution in [0.25, 0.3) is 0 Å². The fourth-order valence-corrected chi connectivity index (χ4v) is 2.29. The van der Waals surface area contributed by atoms with Crippen molar-refractivity contribution in [2.75, 3.05) is 12.4 Å². The van der Waals surface area contributed by atoms with E-state index < -0.39 is 0 Å². The summed E-state index contributed by atoms with van der Waals surface area (Å²) in [6, 6.07) is 7.48. The van der Waals surface area contributed by atoms with Gasteiger partial charge in [-0.25, -0.2) is 0 Å². The molecule has 5 heteroatoms. The Balaban J connectivity index is 2.11. The summed E-state index contributed by atoms with van der Waals surface area (Å²) in [5.74, 6) is 0.308. The number of anilines is 1. The van der Waals surface area contributed by atoms with Crippen molar-refractivity contribution in [1.29, 1.82) is 0 Å². The highest BCUT2D eigenvalue weighted by Gasteiger charge is 2.11. The Bertz CT molecular complexity index is 631. The molecule has 1 aromatic heterocycles. The Kier molecular flexibility index (Phi) is 4.62. The fourth-order valence-electron chi connectivity index (χ4n) is 2.29. The number of amides is 1. The van der Waals surface area contributed by atoms with Gasteiger partial charge in [0.25, 0.3) is 5.91 Å². The number of hydrogen-bond acceptors (Lipinski definition) is 3. The predicted octanol–water partition coefficient (Wildman–Crippen LogP) is 2.52. The van der Waals surface area contributed by atoms with Crippen LogP contribution in [0.15, 0.2) is 30.5 Å². The maximum Gasteiger partial charge on any atom is 0.251 e. The van der Waals surface area contributed by atoms with Crippen molar-refractivity contribution in [3.05, 3.63) is 47.3 Å². The zero-order valence-electron chi connectivity index (χ0n) is 13.0. The highest BCUT2D eigenvalue weighted by Crippen LogP contribution is 2.19. The Labute approximate surface area is 125 Å². The van der Waals surface area contributed by atoms with Crippen molar-refractivity contribution >= 4 is 11.6 Å². The fraction of sp³-hybridized carbons (Fsp3) is 0.375. The Morgan fingerprint density at radius 3 is 2.81 bits per heavy atom. The normalized spacial score (nSPS) is 10.7. The minimum absolute atomic E-state index is 0.0807. The van der Waals surface area contributed by atoms with E-state index in [1.807, 2.05) is 36.1 Å². The molecule has 0 unspecified atom stereocenters. The third kappa shape index (κ3) is 3.62. The lowest BCUT2D eigenvalue weighted by molar-refractivity contribution is 0.0963. The lowest BCUT2D eigenvalue weighted by Crippen LogP contribution is -2.17. The van der Waals surface area contributed by atoms with E-state index in [0.29, 0.717) is 18.0 Å². The summed E-state index contributed by atoms with van der Waals surface area (Å²) in [5, 5.41) is 10.5. The molecule has 5 nitrogen and oxygen atoms in total. The van der Waals surface area contributed by atoms with Crippen molar-refractivity contribution < 1.29 is 4.79 Å². The van der Waals surface area contributed by atoms with Gasteiger partial charge in [-0.05, 0) is 24.1 Å². The summed E-state index contributed by atoms with van der Waals surface area (Å²) in [6.45, 7) is 4.97. The average molecular weight is 286 g/mol. The smallest absolute Gasteiger partial charge is 0.251 e. The van der Waals surface area contributed by atoms with E-state index in [1.165, 1.54) is 5.56 Å². The molecule has 1 aromatic carbocycles. The summed E-state index contributed by atoms with van der Waals surface area (Å²) >= 11 is 0. The van der Waals surface area contributed by atoms with Gasteiger partial charge in [-0.2, -0.15) is 5.10 Å². The lowest BCUT2D eigenvalue weighted by Gasteiger charge is -2.09. The third-order valence-electron chi connectivity index (χ3n) is 3.32. The number of carbonyl (C=O) groups excluding carboxylic acids is 1. The van der Waals surface area contributed by atoms with Gasteiger partial charge in [0.2, 0.25) is 0 Å². The molecule has 2 N–H and O–H groups in total. The molecule has 21 heavy (non-hydrogen) atoms. The molecule has 0 atom stereocenters. The van der Waals surface area contributed by atoms with Gasteiger partial charge in [-0.15, -0.1) is 0 Å². The summed E-state index contributed by atoms with van der Waals surface area (Å²) in [4.78, 5) is 11.6. The van der Waals surface area contributed by atoms with Gasteiger partial charge >= 0.3 is 0 Å². The van der Waals surface area contributed by atoms with Gasteiger partial charge in [-0.3, -0.25) is 9.48 Å². The van der Waals surface area contributed by atoms with Gasteiger partial charge in [-0.1, -0.05) is 19.9 Å². The average Bonchev–Trinajstić information content (AvgIpc) is 2.86. The summed E-state index contributed by atoms with van der Waals surface area (Å²) < 4.78 is 1.84. The first-order valence-electron chi connectivity index (χ1n) is 7.09. The van der Waals surface area contributed by atoms with Crippen LogP contribution in [0.4, 0.5) is 5.69 Å². The van der Waals surface area contributed by atoms with E-state index in [4.69, 9.17) is 0 Å². The van der Waals surface area contributed by atoms with Gasteiger partial charge in [0.05, 0.1) is 5.69 Å². The zero-order valence-corrected chi connectivity index (χ0v) is 13.0. The number of hydrogen-bond donors (Lipinski definition) is 2. The molecule has 0 aliphatic heterocycles. The number of carbonyl (C=O) groups is 1. The molecule has 0 aliphatic carbocycles. The van der Waals surface area contributed by atoms with Gasteiger partial charge < -0.3 is 10.6 Å². The maximum absolute atomic E-state index is 11.6. The second kappa shape index (κ2) is 6.43. The molecule has 0 radical (unpaired) electrons. The largest absolute Gasteiger partial charge is 0.381 e. The van der Waals surface area contributed by atoms with E-state index >= 15 is 0 Å². The number of aryl methyl sites for hydroxylation is 1. The first-order valence-corrected chi connectivity index (χ1v) is 7.09. The Hall–Kier alpha value is -2.30. The molecule has 0 aliphatic rings. The third-order valence-corrected chi connectivity index (χ3v) is 3.32. The van der Waals surface area contributed by atoms with Crippen LogP contribution in [0.5, 0.6) is 0 Å². The molecular weight excluding hydrogens is 264 g/mol. The highest BCUT2D eigenvalue weighted by atomic mass is 16.1. The summed E-state index contributed by atoms with van der Waals surface area (Å²) in [5.41, 5.74) is 3.86. The maximum atomic E-state index is 11.6.